The molecule has 25 heavy (non-hydrogen) atoms. The quantitative estimate of drug-likeness (QED) is 0.731. The average Bonchev–Trinajstić information content (AvgIpc) is 2.58. The van der Waals surface area contributed by atoms with Crippen molar-refractivity contribution >= 4 is 29.1 Å². The Kier molecular flexibility index (Phi) is 4.55. The van der Waals surface area contributed by atoms with Crippen LogP contribution in [0.3, 0.4) is 0 Å². The molecule has 2 aromatic carbocycles. The molecule has 0 aliphatic carbocycles. The predicted molar refractivity (Wildman–Crippen MR) is 93.9 cm³/mol. The van der Waals surface area contributed by atoms with Crippen molar-refractivity contribution in [1.82, 2.24) is 5.32 Å². The predicted octanol–water partition coefficient (Wildman–Crippen LogP) is 2.49. The van der Waals surface area contributed by atoms with E-state index in [2.05, 4.69) is 10.6 Å². The van der Waals surface area contributed by atoms with Crippen molar-refractivity contribution in [2.75, 3.05) is 11.9 Å². The molecule has 3 N–H and O–H groups in total. The number of benzene rings is 2. The number of rotatable bonds is 4. The third-order valence-electron chi connectivity index (χ3n) is 4.01. The van der Waals surface area contributed by atoms with Gasteiger partial charge in [0, 0.05) is 11.6 Å². The minimum absolute atomic E-state index is 0.186. The number of halogens is 1. The van der Waals surface area contributed by atoms with E-state index in [4.69, 9.17) is 16.3 Å². The number of aromatic hydroxyl groups is 1. The number of amides is 2. The van der Waals surface area contributed by atoms with E-state index >= 15 is 0 Å². The van der Waals surface area contributed by atoms with E-state index in [1.807, 2.05) is 0 Å². The summed E-state index contributed by atoms with van der Waals surface area (Å²) in [6.45, 7) is 1.76. The van der Waals surface area contributed by atoms with Crippen LogP contribution in [0.5, 0.6) is 11.5 Å². The first-order valence-electron chi connectivity index (χ1n) is 7.75. The molecule has 3 rings (SSSR count). The SMILES string of the molecule is CC1(C(=O)NCCc2ccc(O)cc2)Oc2ccc(Cl)cc2NC1=O. The van der Waals surface area contributed by atoms with Crippen LogP contribution in [-0.2, 0) is 16.0 Å². The van der Waals surface area contributed by atoms with Gasteiger partial charge in [0.25, 0.3) is 17.4 Å². The maximum Gasteiger partial charge on any atom is 0.278 e. The number of phenols is 1. The summed E-state index contributed by atoms with van der Waals surface area (Å²) in [5, 5.41) is 15.1. The van der Waals surface area contributed by atoms with Crippen LogP contribution in [0.2, 0.25) is 5.02 Å². The van der Waals surface area contributed by atoms with Gasteiger partial charge in [0.15, 0.2) is 0 Å². The first-order valence-corrected chi connectivity index (χ1v) is 8.12. The lowest BCUT2D eigenvalue weighted by Gasteiger charge is -2.33. The van der Waals surface area contributed by atoms with E-state index in [1.54, 1.807) is 42.5 Å². The van der Waals surface area contributed by atoms with Gasteiger partial charge in [-0.2, -0.15) is 0 Å². The molecule has 6 nitrogen and oxygen atoms in total. The van der Waals surface area contributed by atoms with Crippen LogP contribution in [-0.4, -0.2) is 29.1 Å². The van der Waals surface area contributed by atoms with Gasteiger partial charge in [-0.15, -0.1) is 0 Å². The molecule has 1 aliphatic rings. The Labute approximate surface area is 149 Å². The van der Waals surface area contributed by atoms with Crippen molar-refractivity contribution in [3.63, 3.8) is 0 Å². The normalized spacial score (nSPS) is 18.7. The molecule has 1 aliphatic heterocycles. The van der Waals surface area contributed by atoms with E-state index in [1.165, 1.54) is 6.92 Å². The number of hydrogen-bond donors (Lipinski definition) is 3. The first-order chi connectivity index (χ1) is 11.9. The second-order valence-electron chi connectivity index (χ2n) is 5.90. The van der Waals surface area contributed by atoms with E-state index in [0.717, 1.165) is 5.56 Å². The molecule has 1 atom stereocenters. The summed E-state index contributed by atoms with van der Waals surface area (Å²) in [4.78, 5) is 24.8. The molecule has 130 valence electrons. The molecule has 0 saturated heterocycles. The maximum absolute atomic E-state index is 12.5. The molecule has 0 bridgehead atoms. The highest BCUT2D eigenvalue weighted by Crippen LogP contribution is 2.35. The fourth-order valence-corrected chi connectivity index (χ4v) is 2.67. The number of phenolic OH excluding ortho intramolecular Hbond substituents is 1. The van der Waals surface area contributed by atoms with Crippen LogP contribution in [0, 0.1) is 0 Å². The zero-order valence-electron chi connectivity index (χ0n) is 13.5. The van der Waals surface area contributed by atoms with Crippen LogP contribution in [0.1, 0.15) is 12.5 Å². The van der Waals surface area contributed by atoms with Crippen LogP contribution in [0.25, 0.3) is 0 Å². The number of carbonyl (C=O) groups excluding carboxylic acids is 2. The molecule has 7 heteroatoms. The van der Waals surface area contributed by atoms with Gasteiger partial charge >= 0.3 is 0 Å². The molecule has 0 spiro atoms. The Hall–Kier alpha value is -2.73. The lowest BCUT2D eigenvalue weighted by molar-refractivity contribution is -0.146. The third-order valence-corrected chi connectivity index (χ3v) is 4.24. The zero-order chi connectivity index (χ0) is 18.0. The Bertz CT molecular complexity index is 822. The van der Waals surface area contributed by atoms with Crippen molar-refractivity contribution in [2.24, 2.45) is 0 Å². The minimum atomic E-state index is -1.66. The molecular weight excluding hydrogens is 344 g/mol. The second kappa shape index (κ2) is 6.64. The number of anilines is 1. The summed E-state index contributed by atoms with van der Waals surface area (Å²) in [7, 11) is 0. The van der Waals surface area contributed by atoms with Crippen molar-refractivity contribution in [2.45, 2.75) is 18.9 Å². The Morgan fingerprint density at radius 1 is 1.28 bits per heavy atom. The summed E-state index contributed by atoms with van der Waals surface area (Å²) in [5.74, 6) is -0.500. The highest BCUT2D eigenvalue weighted by atomic mass is 35.5. The van der Waals surface area contributed by atoms with Crippen molar-refractivity contribution in [3.8, 4) is 11.5 Å². The monoisotopic (exact) mass is 360 g/mol. The van der Waals surface area contributed by atoms with Gasteiger partial charge in [0.2, 0.25) is 0 Å². The molecule has 1 heterocycles. The number of ether oxygens (including phenoxy) is 1. The van der Waals surface area contributed by atoms with Crippen molar-refractivity contribution < 1.29 is 19.4 Å². The van der Waals surface area contributed by atoms with Gasteiger partial charge in [0.1, 0.15) is 11.5 Å². The summed E-state index contributed by atoms with van der Waals surface area (Å²) < 4.78 is 5.65. The zero-order valence-corrected chi connectivity index (χ0v) is 14.3. The largest absolute Gasteiger partial charge is 0.508 e. The number of nitrogens with one attached hydrogen (secondary N) is 2. The lowest BCUT2D eigenvalue weighted by Crippen LogP contribution is -2.58. The average molecular weight is 361 g/mol. The van der Waals surface area contributed by atoms with Crippen LogP contribution in [0.4, 0.5) is 5.69 Å². The van der Waals surface area contributed by atoms with Gasteiger partial charge in [-0.05, 0) is 49.2 Å². The van der Waals surface area contributed by atoms with Gasteiger partial charge in [-0.25, -0.2) is 0 Å². The van der Waals surface area contributed by atoms with Gasteiger partial charge < -0.3 is 20.5 Å². The highest BCUT2D eigenvalue weighted by Gasteiger charge is 2.47. The summed E-state index contributed by atoms with van der Waals surface area (Å²) in [6, 6.07) is 11.5. The van der Waals surface area contributed by atoms with Gasteiger partial charge in [-0.1, -0.05) is 23.7 Å². The maximum atomic E-state index is 12.5. The Balaban J connectivity index is 1.65. The number of fused-ring (bicyclic) bond motifs is 1. The topological polar surface area (TPSA) is 87.7 Å². The van der Waals surface area contributed by atoms with E-state index in [9.17, 15) is 14.7 Å². The van der Waals surface area contributed by atoms with E-state index in [-0.39, 0.29) is 5.75 Å². The molecule has 0 saturated carbocycles. The fraction of sp³-hybridized carbons (Fsp3) is 0.222. The van der Waals surface area contributed by atoms with Crippen LogP contribution < -0.4 is 15.4 Å². The van der Waals surface area contributed by atoms with E-state index < -0.39 is 17.4 Å². The second-order valence-corrected chi connectivity index (χ2v) is 6.34. The standard InChI is InChI=1S/C18H17ClN2O4/c1-18(16(23)20-9-8-11-2-5-13(22)6-3-11)17(24)21-14-10-12(19)4-7-15(14)25-18/h2-7,10,22H,8-9H2,1H3,(H,20,23)(H,21,24). The van der Waals surface area contributed by atoms with Crippen molar-refractivity contribution in [1.29, 1.82) is 0 Å². The fourth-order valence-electron chi connectivity index (χ4n) is 2.50. The highest BCUT2D eigenvalue weighted by molar-refractivity contribution is 6.31. The Morgan fingerprint density at radius 3 is 2.72 bits per heavy atom. The molecular formula is C18H17ClN2O4. The smallest absolute Gasteiger partial charge is 0.278 e. The molecule has 0 fully saturated rings. The first kappa shape index (κ1) is 17.1. The van der Waals surface area contributed by atoms with Gasteiger partial charge in [-0.3, -0.25) is 9.59 Å². The van der Waals surface area contributed by atoms with E-state index in [0.29, 0.717) is 29.4 Å². The summed E-state index contributed by atoms with van der Waals surface area (Å²) in [5.41, 5.74) is -0.264. The summed E-state index contributed by atoms with van der Waals surface area (Å²) in [6.07, 6.45) is 0.565. The van der Waals surface area contributed by atoms with Crippen LogP contribution in [0.15, 0.2) is 42.5 Å². The lowest BCUT2D eigenvalue weighted by atomic mass is 10.0. The number of hydrogen-bond acceptors (Lipinski definition) is 4. The van der Waals surface area contributed by atoms with Gasteiger partial charge in [0.05, 0.1) is 5.69 Å². The molecule has 0 aromatic heterocycles. The molecule has 2 amide bonds. The molecule has 1 unspecified atom stereocenters. The summed E-state index contributed by atoms with van der Waals surface area (Å²) >= 11 is 5.89. The number of carbonyl (C=O) groups is 2. The Morgan fingerprint density at radius 2 is 2.00 bits per heavy atom. The van der Waals surface area contributed by atoms with Crippen LogP contribution >= 0.6 is 11.6 Å². The van der Waals surface area contributed by atoms with Crippen molar-refractivity contribution in [3.05, 3.63) is 53.1 Å². The molecule has 0 radical (unpaired) electrons. The minimum Gasteiger partial charge on any atom is -0.508 e. The molecule has 2 aromatic rings. The third kappa shape index (κ3) is 3.53.